The third-order valence-electron chi connectivity index (χ3n) is 6.13. The zero-order chi connectivity index (χ0) is 25.9. The van der Waals surface area contributed by atoms with Gasteiger partial charge in [-0.05, 0) is 50.3 Å². The molecule has 0 fully saturated rings. The summed E-state index contributed by atoms with van der Waals surface area (Å²) in [4.78, 5) is 43.7. The Morgan fingerprint density at radius 1 is 1.19 bits per heavy atom. The van der Waals surface area contributed by atoms with Crippen LogP contribution in [0.1, 0.15) is 35.8 Å². The Kier molecular flexibility index (Phi) is 7.15. The average Bonchev–Trinajstić information content (AvgIpc) is 3.29. The van der Waals surface area contributed by atoms with Crippen molar-refractivity contribution in [1.29, 1.82) is 0 Å². The molecule has 1 aliphatic rings. The molecule has 37 heavy (non-hydrogen) atoms. The lowest BCUT2D eigenvalue weighted by Crippen LogP contribution is -2.24. The number of nitrogens with one attached hydrogen (secondary N) is 1. The van der Waals surface area contributed by atoms with Crippen molar-refractivity contribution in [2.75, 3.05) is 5.75 Å². The van der Waals surface area contributed by atoms with Gasteiger partial charge in [0, 0.05) is 22.6 Å². The SMILES string of the molecule is C/C(=N\NC(=O)CSc1nc2sc3c(c2c(=O)n1-c1ccccc1)CCCC3)c1cccc([N+](=O)[O-])c1. The van der Waals surface area contributed by atoms with Gasteiger partial charge >= 0.3 is 0 Å². The highest BCUT2D eigenvalue weighted by Crippen LogP contribution is 2.35. The normalized spacial score (nSPS) is 13.4. The summed E-state index contributed by atoms with van der Waals surface area (Å²) < 4.78 is 1.58. The molecule has 2 aromatic heterocycles. The number of thiophene rings is 1. The van der Waals surface area contributed by atoms with Gasteiger partial charge in [-0.3, -0.25) is 24.3 Å². The highest BCUT2D eigenvalue weighted by Gasteiger charge is 2.23. The number of nitro groups is 1. The van der Waals surface area contributed by atoms with Gasteiger partial charge in [-0.2, -0.15) is 5.10 Å². The molecule has 1 N–H and O–H groups in total. The number of nitro benzene ring substituents is 1. The number of fused-ring (bicyclic) bond motifs is 3. The second kappa shape index (κ2) is 10.7. The first-order chi connectivity index (χ1) is 17.9. The molecule has 2 heterocycles. The van der Waals surface area contributed by atoms with E-state index in [9.17, 15) is 19.7 Å². The number of aryl methyl sites for hydroxylation is 2. The van der Waals surface area contributed by atoms with Crippen molar-refractivity contribution in [3.63, 3.8) is 0 Å². The summed E-state index contributed by atoms with van der Waals surface area (Å²) in [6.07, 6.45) is 4.03. The Hall–Kier alpha value is -3.83. The molecule has 0 saturated carbocycles. The second-order valence-electron chi connectivity index (χ2n) is 8.59. The van der Waals surface area contributed by atoms with E-state index in [1.807, 2.05) is 30.3 Å². The van der Waals surface area contributed by atoms with Crippen LogP contribution < -0.4 is 11.0 Å². The Morgan fingerprint density at radius 2 is 1.97 bits per heavy atom. The zero-order valence-corrected chi connectivity index (χ0v) is 21.6. The number of hydrogen-bond donors (Lipinski definition) is 1. The fourth-order valence-corrected chi connectivity index (χ4v) is 6.41. The molecule has 188 valence electrons. The molecule has 0 saturated heterocycles. The molecule has 0 bridgehead atoms. The third kappa shape index (κ3) is 5.18. The fraction of sp³-hybridized carbons (Fsp3) is 0.231. The summed E-state index contributed by atoms with van der Waals surface area (Å²) >= 11 is 2.74. The maximum Gasteiger partial charge on any atom is 0.270 e. The van der Waals surface area contributed by atoms with Crippen LogP contribution in [0.15, 0.2) is 69.6 Å². The number of benzene rings is 2. The molecular formula is C26H23N5O4S2. The highest BCUT2D eigenvalue weighted by atomic mass is 32.2. The van der Waals surface area contributed by atoms with Crippen molar-refractivity contribution < 1.29 is 9.72 Å². The lowest BCUT2D eigenvalue weighted by atomic mass is 9.97. The van der Waals surface area contributed by atoms with E-state index in [4.69, 9.17) is 4.98 Å². The Balaban J connectivity index is 1.40. The smallest absolute Gasteiger partial charge is 0.270 e. The molecule has 0 unspecified atom stereocenters. The van der Waals surface area contributed by atoms with Gasteiger partial charge in [0.05, 0.1) is 27.5 Å². The minimum atomic E-state index is -0.480. The molecule has 11 heteroatoms. The molecule has 1 amide bonds. The van der Waals surface area contributed by atoms with Crippen LogP contribution in [0.2, 0.25) is 0 Å². The fourth-order valence-electron chi connectivity index (χ4n) is 4.31. The molecule has 0 aliphatic heterocycles. The highest BCUT2D eigenvalue weighted by molar-refractivity contribution is 7.99. The first-order valence-corrected chi connectivity index (χ1v) is 13.6. The average molecular weight is 534 g/mol. The zero-order valence-electron chi connectivity index (χ0n) is 20.0. The van der Waals surface area contributed by atoms with Crippen LogP contribution >= 0.6 is 23.1 Å². The quantitative estimate of drug-likeness (QED) is 0.119. The molecule has 1 aliphatic carbocycles. The van der Waals surface area contributed by atoms with E-state index in [0.29, 0.717) is 32.3 Å². The van der Waals surface area contributed by atoms with Gasteiger partial charge in [0.25, 0.3) is 17.2 Å². The summed E-state index contributed by atoms with van der Waals surface area (Å²) in [6.45, 7) is 1.66. The van der Waals surface area contributed by atoms with Gasteiger partial charge < -0.3 is 0 Å². The van der Waals surface area contributed by atoms with E-state index in [1.165, 1.54) is 28.8 Å². The number of non-ortho nitro benzene ring substituents is 1. The Morgan fingerprint density at radius 3 is 2.76 bits per heavy atom. The molecule has 0 atom stereocenters. The summed E-state index contributed by atoms with van der Waals surface area (Å²) in [5, 5.41) is 16.2. The predicted octanol–water partition coefficient (Wildman–Crippen LogP) is 4.87. The number of amides is 1. The van der Waals surface area contributed by atoms with Gasteiger partial charge in [0.1, 0.15) is 4.83 Å². The van der Waals surface area contributed by atoms with Crippen LogP contribution in [-0.4, -0.2) is 31.8 Å². The van der Waals surface area contributed by atoms with Crippen LogP contribution in [0.3, 0.4) is 0 Å². The molecular weight excluding hydrogens is 510 g/mol. The molecule has 2 aromatic carbocycles. The van der Waals surface area contributed by atoms with Crippen LogP contribution in [0.25, 0.3) is 15.9 Å². The van der Waals surface area contributed by atoms with Crippen molar-refractivity contribution in [3.8, 4) is 5.69 Å². The number of aromatic nitrogens is 2. The number of carbonyl (C=O) groups excluding carboxylic acids is 1. The number of hydrogen-bond acceptors (Lipinski definition) is 8. The van der Waals surface area contributed by atoms with Crippen molar-refractivity contribution in [1.82, 2.24) is 15.0 Å². The van der Waals surface area contributed by atoms with Gasteiger partial charge in [-0.1, -0.05) is 42.1 Å². The standard InChI is InChI=1S/C26H23N5O4S2/c1-16(17-8-7-11-19(14-17)31(34)35)28-29-22(32)15-36-26-27-24-23(20-12-5-6-13-21(20)37-24)25(33)30(26)18-9-3-2-4-10-18/h2-4,7-11,14H,5-6,12-13,15H2,1H3,(H,29,32)/b28-16+. The molecule has 5 rings (SSSR count). The summed E-state index contributed by atoms with van der Waals surface area (Å²) in [7, 11) is 0. The number of thioether (sulfide) groups is 1. The molecule has 0 spiro atoms. The van der Waals surface area contributed by atoms with Crippen molar-refractivity contribution in [2.24, 2.45) is 5.10 Å². The predicted molar refractivity (Wildman–Crippen MR) is 146 cm³/mol. The third-order valence-corrected chi connectivity index (χ3v) is 8.25. The van der Waals surface area contributed by atoms with Gasteiger partial charge in [-0.25, -0.2) is 10.4 Å². The lowest BCUT2D eigenvalue weighted by Gasteiger charge is -2.13. The first kappa shape index (κ1) is 24.8. The van der Waals surface area contributed by atoms with E-state index >= 15 is 0 Å². The minimum Gasteiger partial charge on any atom is -0.272 e. The first-order valence-electron chi connectivity index (χ1n) is 11.8. The van der Waals surface area contributed by atoms with Crippen molar-refractivity contribution >= 4 is 50.6 Å². The van der Waals surface area contributed by atoms with Gasteiger partial charge in [0.15, 0.2) is 5.16 Å². The molecule has 9 nitrogen and oxygen atoms in total. The summed E-state index contributed by atoms with van der Waals surface area (Å²) in [5.74, 6) is -0.393. The van der Waals surface area contributed by atoms with E-state index < -0.39 is 4.92 Å². The number of nitrogens with zero attached hydrogens (tertiary/aromatic N) is 4. The Labute approximate surface area is 220 Å². The van der Waals surface area contributed by atoms with Crippen LogP contribution in [0.4, 0.5) is 5.69 Å². The maximum atomic E-state index is 13.7. The Bertz CT molecular complexity index is 1590. The number of para-hydroxylation sites is 1. The van der Waals surface area contributed by atoms with Crippen molar-refractivity contribution in [3.05, 3.63) is 91.1 Å². The maximum absolute atomic E-state index is 13.7. The number of carbonyl (C=O) groups is 1. The van der Waals surface area contributed by atoms with Crippen LogP contribution in [0, 0.1) is 10.1 Å². The van der Waals surface area contributed by atoms with Gasteiger partial charge in [0.2, 0.25) is 0 Å². The minimum absolute atomic E-state index is 0.0123. The van der Waals surface area contributed by atoms with Gasteiger partial charge in [-0.15, -0.1) is 11.3 Å². The topological polar surface area (TPSA) is 119 Å². The summed E-state index contributed by atoms with van der Waals surface area (Å²) in [5.41, 5.74) is 5.12. The van der Waals surface area contributed by atoms with Crippen molar-refractivity contribution in [2.45, 2.75) is 37.8 Å². The van der Waals surface area contributed by atoms with E-state index in [2.05, 4.69) is 10.5 Å². The number of rotatable bonds is 7. The second-order valence-corrected chi connectivity index (χ2v) is 10.6. The summed E-state index contributed by atoms with van der Waals surface area (Å²) in [6, 6.07) is 15.4. The van der Waals surface area contributed by atoms with E-state index in [0.717, 1.165) is 31.2 Å². The van der Waals surface area contributed by atoms with E-state index in [1.54, 1.807) is 35.0 Å². The molecule has 4 aromatic rings. The van der Waals surface area contributed by atoms with Crippen LogP contribution in [0.5, 0.6) is 0 Å². The lowest BCUT2D eigenvalue weighted by molar-refractivity contribution is -0.384. The monoisotopic (exact) mass is 533 g/mol. The largest absolute Gasteiger partial charge is 0.272 e. The van der Waals surface area contributed by atoms with E-state index in [-0.39, 0.29) is 22.9 Å². The van der Waals surface area contributed by atoms with Crippen LogP contribution in [-0.2, 0) is 17.6 Å². The molecule has 0 radical (unpaired) electrons. The number of hydrazone groups is 1.